The van der Waals surface area contributed by atoms with E-state index in [1.165, 1.54) is 25.0 Å². The molecule has 0 amide bonds. The van der Waals surface area contributed by atoms with E-state index in [1.807, 2.05) is 0 Å². The van der Waals surface area contributed by atoms with Crippen LogP contribution in [0.1, 0.15) is 142 Å². The molecule has 6 aliphatic carbocycles. The van der Waals surface area contributed by atoms with Gasteiger partial charge < -0.3 is 4.74 Å². The summed E-state index contributed by atoms with van der Waals surface area (Å²) in [5.74, 6) is -0.278. The predicted molar refractivity (Wildman–Crippen MR) is 185 cm³/mol. The zero-order valence-electron chi connectivity index (χ0n) is 29.4. The second-order valence-corrected chi connectivity index (χ2v) is 16.7. The van der Waals surface area contributed by atoms with Gasteiger partial charge in [0.05, 0.1) is 25.0 Å². The van der Waals surface area contributed by atoms with Gasteiger partial charge in [-0.1, -0.05) is 103 Å². The Morgan fingerprint density at radius 2 is 0.936 bits per heavy atom. The van der Waals surface area contributed by atoms with E-state index in [4.69, 9.17) is 4.74 Å². The van der Waals surface area contributed by atoms with Crippen molar-refractivity contribution in [3.8, 4) is 0 Å². The molecular weight excluding hydrogens is 596 g/mol. The van der Waals surface area contributed by atoms with Gasteiger partial charge >= 0.3 is 0 Å². The van der Waals surface area contributed by atoms with Crippen LogP contribution in [0.5, 0.6) is 0 Å². The average molecular weight is 659 g/mol. The summed E-state index contributed by atoms with van der Waals surface area (Å²) >= 11 is 0. The van der Waals surface area contributed by atoms with Crippen LogP contribution >= 0.6 is 0 Å². The largest absolute Gasteiger partial charge is 0.379 e. The van der Waals surface area contributed by atoms with Crippen molar-refractivity contribution in [2.24, 2.45) is 46.3 Å². The minimum Gasteiger partial charge on any atom is -0.379 e. The normalized spacial score (nSPS) is 40.5. The smallest absolute Gasteiger partial charge is 0.155 e. The lowest BCUT2D eigenvalue weighted by Crippen LogP contribution is -2.51. The van der Waals surface area contributed by atoms with Gasteiger partial charge in [0.15, 0.2) is 11.3 Å². The van der Waals surface area contributed by atoms with Crippen molar-refractivity contribution in [2.75, 3.05) is 13.2 Å². The minimum atomic E-state index is -1.78. The lowest BCUT2D eigenvalue weighted by atomic mass is 9.53. The van der Waals surface area contributed by atoms with Gasteiger partial charge in [0.2, 0.25) is 0 Å². The average Bonchev–Trinajstić information content (AvgIpc) is 3.10. The van der Waals surface area contributed by atoms with Crippen molar-refractivity contribution < 1.29 is 22.3 Å². The van der Waals surface area contributed by atoms with Crippen LogP contribution < -0.4 is 0 Å². The fraction of sp³-hybridized carbons (Fsp3) is 0.810. The van der Waals surface area contributed by atoms with Gasteiger partial charge in [0.25, 0.3) is 0 Å². The van der Waals surface area contributed by atoms with Gasteiger partial charge in [-0.2, -0.15) is 0 Å². The van der Waals surface area contributed by atoms with Gasteiger partial charge in [0, 0.05) is 10.8 Å². The van der Waals surface area contributed by atoms with E-state index in [0.717, 1.165) is 127 Å². The zero-order chi connectivity index (χ0) is 33.1. The van der Waals surface area contributed by atoms with Crippen molar-refractivity contribution in [1.29, 1.82) is 0 Å². The Kier molecular flexibility index (Phi) is 11.2. The summed E-state index contributed by atoms with van der Waals surface area (Å²) in [4.78, 5) is 0. The van der Waals surface area contributed by atoms with Crippen molar-refractivity contribution >= 4 is 0 Å². The Balaban J connectivity index is 1.08. The molecule has 0 heterocycles. The minimum absolute atomic E-state index is 0.0204. The van der Waals surface area contributed by atoms with Crippen LogP contribution in [0.4, 0.5) is 17.6 Å². The van der Waals surface area contributed by atoms with Gasteiger partial charge in [0.1, 0.15) is 11.7 Å². The van der Waals surface area contributed by atoms with E-state index < -0.39 is 45.7 Å². The summed E-state index contributed by atoms with van der Waals surface area (Å²) in [6, 6.07) is 0. The van der Waals surface area contributed by atoms with Gasteiger partial charge in [-0.05, 0) is 99.3 Å². The summed E-state index contributed by atoms with van der Waals surface area (Å²) in [6.07, 6.45) is 29.8. The molecule has 5 heteroatoms. The van der Waals surface area contributed by atoms with Crippen molar-refractivity contribution in [3.05, 3.63) is 48.1 Å². The van der Waals surface area contributed by atoms with E-state index in [1.54, 1.807) is 24.3 Å². The molecule has 4 atom stereocenters. The zero-order valence-corrected chi connectivity index (χ0v) is 29.4. The molecule has 4 saturated carbocycles. The molecule has 0 aromatic heterocycles. The molecule has 0 bridgehead atoms. The van der Waals surface area contributed by atoms with Crippen LogP contribution in [0.15, 0.2) is 48.1 Å². The van der Waals surface area contributed by atoms with E-state index in [2.05, 4.69) is 13.8 Å². The highest BCUT2D eigenvalue weighted by atomic mass is 19.2. The van der Waals surface area contributed by atoms with Gasteiger partial charge in [-0.15, -0.1) is 0 Å². The summed E-state index contributed by atoms with van der Waals surface area (Å²) in [7, 11) is 0. The number of allylic oxidation sites excluding steroid dienone is 4. The highest BCUT2D eigenvalue weighted by Gasteiger charge is 2.57. The van der Waals surface area contributed by atoms with Crippen LogP contribution in [-0.2, 0) is 4.74 Å². The van der Waals surface area contributed by atoms with Crippen molar-refractivity contribution in [1.82, 2.24) is 0 Å². The quantitative estimate of drug-likeness (QED) is 0.168. The number of hydrogen-bond acceptors (Lipinski definition) is 1. The molecule has 1 nitrogen and oxygen atoms in total. The topological polar surface area (TPSA) is 9.23 Å². The first-order valence-electron chi connectivity index (χ1n) is 19.8. The monoisotopic (exact) mass is 658 g/mol. The SMILES string of the molecule is CCC1CCC(C2([C@@]3(F)C=C[C@@H](COC[C@@H]4C=C[C@](F)(C5(C6CCC(CC)CC6)CCCCC5)C=C4F)C(F)=C3)CCCCC2)CC1. The van der Waals surface area contributed by atoms with Crippen LogP contribution in [0, 0.1) is 46.3 Å². The third-order valence-corrected chi connectivity index (χ3v) is 14.6. The maximum atomic E-state index is 17.0. The molecule has 0 unspecified atom stereocenters. The molecule has 0 radical (unpaired) electrons. The Morgan fingerprint density at radius 1 is 0.574 bits per heavy atom. The Morgan fingerprint density at radius 3 is 1.26 bits per heavy atom. The van der Waals surface area contributed by atoms with Gasteiger partial charge in [-0.25, -0.2) is 17.6 Å². The summed E-state index contributed by atoms with van der Waals surface area (Å²) < 4.78 is 71.4. The number of alkyl halides is 2. The summed E-state index contributed by atoms with van der Waals surface area (Å²) in [5, 5.41) is 0. The van der Waals surface area contributed by atoms with Crippen LogP contribution in [0.2, 0.25) is 0 Å². The van der Waals surface area contributed by atoms with E-state index in [-0.39, 0.29) is 25.0 Å². The molecule has 0 aromatic carbocycles. The molecule has 6 rings (SSSR count). The standard InChI is InChI=1S/C42H62F4O/c1-3-31-11-15-35(16-12-31)39(21-7-5-8-22-39)41(45)25-19-33(37(43)27-41)29-47-30-34-20-26-42(46,28-38(34)44)40(23-9-6-10-24-40)36-17-13-32(4-2)14-18-36/h19-20,25-28,31-36H,3-18,21-24,29-30H2,1-2H3/t31?,32?,33-,34-,35?,36?,41+,42+/m0/s1. The van der Waals surface area contributed by atoms with Crippen LogP contribution in [0.3, 0.4) is 0 Å². The molecular formula is C42H62F4O. The van der Waals surface area contributed by atoms with E-state index in [9.17, 15) is 0 Å². The Hall–Kier alpha value is -1.36. The lowest BCUT2D eigenvalue weighted by molar-refractivity contribution is -0.0442. The highest BCUT2D eigenvalue weighted by Crippen LogP contribution is 2.60. The second-order valence-electron chi connectivity index (χ2n) is 16.7. The molecule has 6 aliphatic rings. The van der Waals surface area contributed by atoms with Crippen LogP contribution in [0.25, 0.3) is 0 Å². The number of hydrogen-bond donors (Lipinski definition) is 0. The molecule has 0 spiro atoms. The van der Waals surface area contributed by atoms with E-state index >= 15 is 17.6 Å². The molecule has 47 heavy (non-hydrogen) atoms. The second kappa shape index (κ2) is 14.9. The van der Waals surface area contributed by atoms with Crippen molar-refractivity contribution in [3.63, 3.8) is 0 Å². The molecule has 0 aromatic rings. The fourth-order valence-corrected chi connectivity index (χ4v) is 11.4. The summed E-state index contributed by atoms with van der Waals surface area (Å²) in [6.45, 7) is 4.54. The lowest BCUT2D eigenvalue weighted by Gasteiger charge is -2.53. The first-order valence-corrected chi connectivity index (χ1v) is 19.8. The number of rotatable bonds is 10. The van der Waals surface area contributed by atoms with Crippen LogP contribution in [-0.4, -0.2) is 24.6 Å². The maximum Gasteiger partial charge on any atom is 0.155 e. The van der Waals surface area contributed by atoms with Gasteiger partial charge in [-0.3, -0.25) is 0 Å². The highest BCUT2D eigenvalue weighted by molar-refractivity contribution is 5.33. The molecule has 264 valence electrons. The Bertz CT molecular complexity index is 1070. The number of ether oxygens (including phenoxy) is 1. The predicted octanol–water partition coefficient (Wildman–Crippen LogP) is 12.8. The van der Waals surface area contributed by atoms with E-state index in [0.29, 0.717) is 0 Å². The first kappa shape index (κ1) is 35.5. The van der Waals surface area contributed by atoms with Crippen molar-refractivity contribution in [2.45, 2.75) is 154 Å². The third kappa shape index (κ3) is 6.88. The Labute approximate surface area is 283 Å². The fourth-order valence-electron chi connectivity index (χ4n) is 11.4. The molecule has 0 saturated heterocycles. The molecule has 0 aliphatic heterocycles. The maximum absolute atomic E-state index is 17.0. The first-order chi connectivity index (χ1) is 22.7. The molecule has 0 N–H and O–H groups in total. The number of halogens is 4. The third-order valence-electron chi connectivity index (χ3n) is 14.6. The summed E-state index contributed by atoms with van der Waals surface area (Å²) in [5.41, 5.74) is -4.63. The molecule has 4 fully saturated rings.